The van der Waals surface area contributed by atoms with Gasteiger partial charge in [-0.3, -0.25) is 0 Å². The average Bonchev–Trinajstić information content (AvgIpc) is 2.39. The van der Waals surface area contributed by atoms with E-state index in [2.05, 4.69) is 36.4 Å². The molecule has 0 aliphatic carbocycles. The predicted octanol–water partition coefficient (Wildman–Crippen LogP) is 4.38. The second-order valence-corrected chi connectivity index (χ2v) is 4.67. The smallest absolute Gasteiger partial charge is 0.132 e. The Balaban J connectivity index is 2.03. The molecule has 0 aliphatic rings. The van der Waals surface area contributed by atoms with Crippen LogP contribution in [0.2, 0.25) is 0 Å². The Morgan fingerprint density at radius 2 is 1.65 bits per heavy atom. The van der Waals surface area contributed by atoms with Gasteiger partial charge in [-0.1, -0.05) is 42.5 Å². The minimum atomic E-state index is 0.711. The van der Waals surface area contributed by atoms with Crippen molar-refractivity contribution in [2.45, 2.75) is 17.6 Å². The van der Waals surface area contributed by atoms with Crippen molar-refractivity contribution in [1.82, 2.24) is 0 Å². The zero-order valence-electron chi connectivity index (χ0n) is 9.93. The summed E-state index contributed by atoms with van der Waals surface area (Å²) in [4.78, 5) is 1.21. The molecule has 0 atom stereocenters. The van der Waals surface area contributed by atoms with E-state index in [1.807, 2.05) is 36.9 Å². The van der Waals surface area contributed by atoms with Gasteiger partial charge in [0, 0.05) is 10.6 Å². The van der Waals surface area contributed by atoms with Gasteiger partial charge in [-0.15, -0.1) is 11.8 Å². The minimum absolute atomic E-state index is 0.711. The molecular formula is C15H16OS. The fourth-order valence-corrected chi connectivity index (χ4v) is 2.54. The molecule has 0 aliphatic heterocycles. The van der Waals surface area contributed by atoms with Crippen molar-refractivity contribution < 1.29 is 4.74 Å². The molecule has 0 N–H and O–H groups in total. The van der Waals surface area contributed by atoms with E-state index in [0.717, 1.165) is 11.5 Å². The van der Waals surface area contributed by atoms with Crippen LogP contribution in [-0.4, -0.2) is 6.61 Å². The van der Waals surface area contributed by atoms with Crippen LogP contribution >= 0.6 is 11.8 Å². The van der Waals surface area contributed by atoms with E-state index in [-0.39, 0.29) is 0 Å². The molecule has 0 heterocycles. The molecule has 0 bridgehead atoms. The Morgan fingerprint density at radius 3 is 2.41 bits per heavy atom. The van der Waals surface area contributed by atoms with Crippen molar-refractivity contribution in [3.05, 3.63) is 60.2 Å². The molecule has 2 rings (SSSR count). The van der Waals surface area contributed by atoms with Gasteiger partial charge in [0.2, 0.25) is 0 Å². The third kappa shape index (κ3) is 3.53. The van der Waals surface area contributed by atoms with Crippen molar-refractivity contribution in [2.24, 2.45) is 0 Å². The van der Waals surface area contributed by atoms with Crippen molar-refractivity contribution in [2.75, 3.05) is 6.61 Å². The summed E-state index contributed by atoms with van der Waals surface area (Å²) in [5, 5.41) is 0. The van der Waals surface area contributed by atoms with E-state index in [4.69, 9.17) is 4.74 Å². The number of para-hydroxylation sites is 1. The van der Waals surface area contributed by atoms with E-state index in [0.29, 0.717) is 6.61 Å². The van der Waals surface area contributed by atoms with Crippen molar-refractivity contribution in [3.8, 4) is 5.75 Å². The van der Waals surface area contributed by atoms with Crippen LogP contribution < -0.4 is 4.74 Å². The molecule has 2 aromatic carbocycles. The molecule has 0 amide bonds. The van der Waals surface area contributed by atoms with Crippen LogP contribution in [0.1, 0.15) is 12.5 Å². The zero-order valence-corrected chi connectivity index (χ0v) is 10.7. The second-order valence-electron chi connectivity index (χ2n) is 3.65. The largest absolute Gasteiger partial charge is 0.493 e. The summed E-state index contributed by atoms with van der Waals surface area (Å²) in [6.45, 7) is 2.72. The lowest BCUT2D eigenvalue weighted by atomic mass is 10.2. The normalized spacial score (nSPS) is 10.2. The van der Waals surface area contributed by atoms with Gasteiger partial charge in [0.1, 0.15) is 5.75 Å². The highest BCUT2D eigenvalue weighted by molar-refractivity contribution is 7.98. The second kappa shape index (κ2) is 6.36. The quantitative estimate of drug-likeness (QED) is 0.722. The molecule has 0 fully saturated rings. The lowest BCUT2D eigenvalue weighted by Gasteiger charge is -2.09. The third-order valence-electron chi connectivity index (χ3n) is 2.39. The van der Waals surface area contributed by atoms with Gasteiger partial charge in [-0.2, -0.15) is 0 Å². The summed E-state index contributed by atoms with van der Waals surface area (Å²) < 4.78 is 5.60. The number of benzene rings is 2. The maximum atomic E-state index is 5.60. The Labute approximate surface area is 107 Å². The highest BCUT2D eigenvalue weighted by Gasteiger charge is 2.02. The predicted molar refractivity (Wildman–Crippen MR) is 73.6 cm³/mol. The lowest BCUT2D eigenvalue weighted by molar-refractivity contribution is 0.332. The van der Waals surface area contributed by atoms with Crippen LogP contribution in [0.5, 0.6) is 5.75 Å². The summed E-state index contributed by atoms with van der Waals surface area (Å²) in [6, 6.07) is 18.7. The van der Waals surface area contributed by atoms with Gasteiger partial charge in [0.15, 0.2) is 0 Å². The van der Waals surface area contributed by atoms with E-state index >= 15 is 0 Å². The zero-order chi connectivity index (χ0) is 11.9. The van der Waals surface area contributed by atoms with E-state index in [9.17, 15) is 0 Å². The third-order valence-corrected chi connectivity index (χ3v) is 3.51. The van der Waals surface area contributed by atoms with E-state index < -0.39 is 0 Å². The summed E-state index contributed by atoms with van der Waals surface area (Å²) >= 11 is 1.82. The summed E-state index contributed by atoms with van der Waals surface area (Å²) in [6.07, 6.45) is 0. The van der Waals surface area contributed by atoms with Gasteiger partial charge in [-0.05, 0) is 24.6 Å². The molecule has 0 saturated heterocycles. The molecule has 88 valence electrons. The standard InChI is InChI=1S/C15H16OS/c1-2-16-14-10-6-7-11-15(14)17-12-13-8-4-3-5-9-13/h3-11H,2,12H2,1H3. The topological polar surface area (TPSA) is 9.23 Å². The fraction of sp³-hybridized carbons (Fsp3) is 0.200. The molecule has 0 saturated carbocycles. The van der Waals surface area contributed by atoms with E-state index in [1.165, 1.54) is 10.5 Å². The molecule has 0 radical (unpaired) electrons. The van der Waals surface area contributed by atoms with Crippen LogP contribution in [0, 0.1) is 0 Å². The van der Waals surface area contributed by atoms with Crippen LogP contribution in [0.4, 0.5) is 0 Å². The highest BCUT2D eigenvalue weighted by atomic mass is 32.2. The van der Waals surface area contributed by atoms with Gasteiger partial charge in [0.05, 0.1) is 6.61 Å². The maximum Gasteiger partial charge on any atom is 0.132 e. The fourth-order valence-electron chi connectivity index (χ4n) is 1.58. The number of rotatable bonds is 5. The number of hydrogen-bond acceptors (Lipinski definition) is 2. The molecule has 2 aromatic rings. The molecule has 0 spiro atoms. The Hall–Kier alpha value is -1.41. The van der Waals surface area contributed by atoms with Crippen molar-refractivity contribution in [1.29, 1.82) is 0 Å². The van der Waals surface area contributed by atoms with Crippen LogP contribution in [-0.2, 0) is 5.75 Å². The monoisotopic (exact) mass is 244 g/mol. The van der Waals surface area contributed by atoms with Crippen LogP contribution in [0.15, 0.2) is 59.5 Å². The Morgan fingerprint density at radius 1 is 0.941 bits per heavy atom. The van der Waals surface area contributed by atoms with Crippen molar-refractivity contribution >= 4 is 11.8 Å². The van der Waals surface area contributed by atoms with Gasteiger partial charge in [0.25, 0.3) is 0 Å². The van der Waals surface area contributed by atoms with Crippen LogP contribution in [0.25, 0.3) is 0 Å². The van der Waals surface area contributed by atoms with Gasteiger partial charge < -0.3 is 4.74 Å². The average molecular weight is 244 g/mol. The molecule has 17 heavy (non-hydrogen) atoms. The highest BCUT2D eigenvalue weighted by Crippen LogP contribution is 2.31. The SMILES string of the molecule is CCOc1ccccc1SCc1ccccc1. The first-order chi connectivity index (χ1) is 8.40. The Bertz CT molecular complexity index is 453. The first-order valence-electron chi connectivity index (χ1n) is 5.78. The molecule has 2 heteroatoms. The molecule has 1 nitrogen and oxygen atoms in total. The number of hydrogen-bond donors (Lipinski definition) is 0. The minimum Gasteiger partial charge on any atom is -0.493 e. The summed E-state index contributed by atoms with van der Waals surface area (Å²) in [5.41, 5.74) is 1.34. The lowest BCUT2D eigenvalue weighted by Crippen LogP contribution is -1.93. The summed E-state index contributed by atoms with van der Waals surface area (Å²) in [5.74, 6) is 1.96. The van der Waals surface area contributed by atoms with Gasteiger partial charge >= 0.3 is 0 Å². The Kier molecular flexibility index (Phi) is 4.51. The van der Waals surface area contributed by atoms with Gasteiger partial charge in [-0.25, -0.2) is 0 Å². The summed E-state index contributed by atoms with van der Waals surface area (Å²) in [7, 11) is 0. The number of thioether (sulfide) groups is 1. The van der Waals surface area contributed by atoms with E-state index in [1.54, 1.807) is 0 Å². The van der Waals surface area contributed by atoms with Crippen LogP contribution in [0.3, 0.4) is 0 Å². The first-order valence-corrected chi connectivity index (χ1v) is 6.77. The molecular weight excluding hydrogens is 228 g/mol. The molecule has 0 unspecified atom stereocenters. The number of ether oxygens (including phenoxy) is 1. The van der Waals surface area contributed by atoms with Crippen molar-refractivity contribution in [3.63, 3.8) is 0 Å². The molecule has 0 aromatic heterocycles. The first kappa shape index (κ1) is 12.1. The maximum absolute atomic E-state index is 5.60.